The van der Waals surface area contributed by atoms with Gasteiger partial charge in [-0.15, -0.1) is 24.0 Å². The van der Waals surface area contributed by atoms with Crippen molar-refractivity contribution in [3.05, 3.63) is 59.7 Å². The molecule has 29 heavy (non-hydrogen) atoms. The van der Waals surface area contributed by atoms with Gasteiger partial charge in [-0.2, -0.15) is 0 Å². The van der Waals surface area contributed by atoms with Gasteiger partial charge in [-0.25, -0.2) is 4.99 Å². The zero-order valence-electron chi connectivity index (χ0n) is 17.4. The van der Waals surface area contributed by atoms with Crippen LogP contribution in [0.1, 0.15) is 24.5 Å². The molecule has 0 atom stereocenters. The Labute approximate surface area is 191 Å². The molecule has 0 saturated carbocycles. The Balaban J connectivity index is 0.00000420. The number of hydrogen-bond donors (Lipinski definition) is 2. The third kappa shape index (κ3) is 9.85. The van der Waals surface area contributed by atoms with Crippen LogP contribution >= 0.6 is 24.0 Å². The number of nitrogens with one attached hydrogen (secondary N) is 2. The van der Waals surface area contributed by atoms with Gasteiger partial charge < -0.3 is 24.8 Å². The molecule has 0 aromatic heterocycles. The normalized spacial score (nSPS) is 10.8. The molecule has 2 N–H and O–H groups in total. The second kappa shape index (κ2) is 14.9. The molecule has 0 amide bonds. The maximum absolute atomic E-state index is 5.73. The average Bonchev–Trinajstić information content (AvgIpc) is 2.75. The average molecular weight is 513 g/mol. The van der Waals surface area contributed by atoms with E-state index >= 15 is 0 Å². The monoisotopic (exact) mass is 513 g/mol. The Morgan fingerprint density at radius 3 is 2.00 bits per heavy atom. The minimum Gasteiger partial charge on any atom is -0.497 e. The summed E-state index contributed by atoms with van der Waals surface area (Å²) in [7, 11) is 3.33. The van der Waals surface area contributed by atoms with Crippen molar-refractivity contribution in [1.29, 1.82) is 0 Å². The lowest BCUT2D eigenvalue weighted by Crippen LogP contribution is -2.38. The number of nitrogens with zero attached hydrogens (tertiary/aromatic N) is 1. The van der Waals surface area contributed by atoms with Crippen molar-refractivity contribution < 1.29 is 14.2 Å². The Hall–Kier alpha value is -2.00. The molecule has 0 aliphatic carbocycles. The topological polar surface area (TPSA) is 64.1 Å². The fourth-order valence-electron chi connectivity index (χ4n) is 2.54. The van der Waals surface area contributed by atoms with Gasteiger partial charge in [0.1, 0.15) is 11.5 Å². The molecule has 2 rings (SSSR count). The quantitative estimate of drug-likeness (QED) is 0.206. The van der Waals surface area contributed by atoms with E-state index in [1.807, 2.05) is 48.5 Å². The number of hydrogen-bond acceptors (Lipinski definition) is 4. The molecule has 0 aliphatic rings. The Kier molecular flexibility index (Phi) is 12.9. The van der Waals surface area contributed by atoms with E-state index in [9.17, 15) is 0 Å². The zero-order valence-corrected chi connectivity index (χ0v) is 19.8. The molecular weight excluding hydrogens is 481 g/mol. The van der Waals surface area contributed by atoms with Crippen LogP contribution in [0.2, 0.25) is 0 Å². The van der Waals surface area contributed by atoms with E-state index in [4.69, 9.17) is 14.2 Å². The fraction of sp³-hybridized carbons (Fsp3) is 0.409. The highest BCUT2D eigenvalue weighted by atomic mass is 127. The number of rotatable bonds is 11. The summed E-state index contributed by atoms with van der Waals surface area (Å²) < 4.78 is 16.1. The van der Waals surface area contributed by atoms with Gasteiger partial charge in [0.2, 0.25) is 0 Å². The van der Waals surface area contributed by atoms with Crippen LogP contribution in [0.25, 0.3) is 0 Å². The first-order valence-electron chi connectivity index (χ1n) is 9.61. The zero-order chi connectivity index (χ0) is 20.0. The summed E-state index contributed by atoms with van der Waals surface area (Å²) in [5, 5.41) is 6.61. The van der Waals surface area contributed by atoms with Crippen molar-refractivity contribution >= 4 is 29.9 Å². The smallest absolute Gasteiger partial charge is 0.191 e. The van der Waals surface area contributed by atoms with Crippen molar-refractivity contribution in [3.63, 3.8) is 0 Å². The first-order valence-corrected chi connectivity index (χ1v) is 9.61. The van der Waals surface area contributed by atoms with Crippen LogP contribution in [0, 0.1) is 0 Å². The van der Waals surface area contributed by atoms with E-state index in [1.54, 1.807) is 14.2 Å². The molecule has 0 unspecified atom stereocenters. The van der Waals surface area contributed by atoms with Crippen LogP contribution in [-0.2, 0) is 17.9 Å². The van der Waals surface area contributed by atoms with Crippen LogP contribution in [0.3, 0.4) is 0 Å². The molecule has 0 spiro atoms. The first kappa shape index (κ1) is 25.0. The predicted molar refractivity (Wildman–Crippen MR) is 128 cm³/mol. The van der Waals surface area contributed by atoms with Crippen molar-refractivity contribution in [1.82, 2.24) is 10.6 Å². The van der Waals surface area contributed by atoms with Crippen LogP contribution in [-0.4, -0.2) is 39.9 Å². The lowest BCUT2D eigenvalue weighted by molar-refractivity contribution is 0.119. The number of aliphatic imine (C=N–C) groups is 1. The Morgan fingerprint density at radius 1 is 0.862 bits per heavy atom. The molecule has 0 heterocycles. The molecular formula is C22H32IN3O3. The maximum atomic E-state index is 5.73. The molecule has 0 aliphatic heterocycles. The fourth-order valence-corrected chi connectivity index (χ4v) is 2.54. The van der Waals surface area contributed by atoms with E-state index in [2.05, 4.69) is 22.5 Å². The molecule has 2 aromatic rings. The summed E-state index contributed by atoms with van der Waals surface area (Å²) in [6.07, 6.45) is 0.906. The predicted octanol–water partition coefficient (Wildman–Crippen LogP) is 3.98. The summed E-state index contributed by atoms with van der Waals surface area (Å²) in [5.41, 5.74) is 2.28. The largest absolute Gasteiger partial charge is 0.497 e. The standard InChI is InChI=1S/C22H31N3O3.HI/c1-4-23-22(25-16-18-6-10-20(26-2)11-7-18)24-14-5-15-28-17-19-8-12-21(27-3)13-9-19;/h6-13H,4-5,14-17H2,1-3H3,(H2,23,24,25);1H. The van der Waals surface area contributed by atoms with E-state index in [0.29, 0.717) is 19.8 Å². The summed E-state index contributed by atoms with van der Waals surface area (Å²) in [4.78, 5) is 4.62. The van der Waals surface area contributed by atoms with Crippen LogP contribution in [0.15, 0.2) is 53.5 Å². The van der Waals surface area contributed by atoms with Crippen LogP contribution in [0.5, 0.6) is 11.5 Å². The Bertz CT molecular complexity index is 706. The molecule has 0 saturated heterocycles. The highest BCUT2D eigenvalue weighted by Crippen LogP contribution is 2.12. The maximum Gasteiger partial charge on any atom is 0.191 e. The molecule has 0 bridgehead atoms. The van der Waals surface area contributed by atoms with E-state index < -0.39 is 0 Å². The highest BCUT2D eigenvalue weighted by Gasteiger charge is 1.99. The number of benzene rings is 2. The second-order valence-electron chi connectivity index (χ2n) is 6.22. The minimum absolute atomic E-state index is 0. The first-order chi connectivity index (χ1) is 13.7. The number of methoxy groups -OCH3 is 2. The molecule has 0 fully saturated rings. The van der Waals surface area contributed by atoms with Crippen LogP contribution in [0.4, 0.5) is 0 Å². The van der Waals surface area contributed by atoms with Gasteiger partial charge in [-0.3, -0.25) is 0 Å². The molecule has 6 nitrogen and oxygen atoms in total. The van der Waals surface area contributed by atoms with Gasteiger partial charge in [-0.05, 0) is 48.7 Å². The van der Waals surface area contributed by atoms with Crippen molar-refractivity contribution in [2.45, 2.75) is 26.5 Å². The van der Waals surface area contributed by atoms with Gasteiger partial charge in [0.15, 0.2) is 5.96 Å². The lowest BCUT2D eigenvalue weighted by Gasteiger charge is -2.11. The summed E-state index contributed by atoms with van der Waals surface area (Å²) >= 11 is 0. The van der Waals surface area contributed by atoms with Crippen LogP contribution < -0.4 is 20.1 Å². The van der Waals surface area contributed by atoms with Crippen molar-refractivity contribution in [2.75, 3.05) is 33.9 Å². The van der Waals surface area contributed by atoms with Gasteiger partial charge in [0.05, 0.1) is 27.4 Å². The molecule has 0 radical (unpaired) electrons. The summed E-state index contributed by atoms with van der Waals surface area (Å²) in [6.45, 7) is 5.60. The number of halogens is 1. The second-order valence-corrected chi connectivity index (χ2v) is 6.22. The molecule has 160 valence electrons. The third-order valence-corrected chi connectivity index (χ3v) is 4.11. The Morgan fingerprint density at radius 2 is 1.45 bits per heavy atom. The van der Waals surface area contributed by atoms with E-state index in [-0.39, 0.29) is 24.0 Å². The SMILES string of the molecule is CCNC(=NCc1ccc(OC)cc1)NCCCOCc1ccc(OC)cc1.I. The minimum atomic E-state index is 0. The van der Waals surface area contributed by atoms with E-state index in [0.717, 1.165) is 48.1 Å². The van der Waals surface area contributed by atoms with Gasteiger partial charge in [-0.1, -0.05) is 24.3 Å². The summed E-state index contributed by atoms with van der Waals surface area (Å²) in [6, 6.07) is 15.9. The van der Waals surface area contributed by atoms with Gasteiger partial charge >= 0.3 is 0 Å². The molecule has 7 heteroatoms. The molecule has 2 aromatic carbocycles. The van der Waals surface area contributed by atoms with Gasteiger partial charge in [0, 0.05) is 19.7 Å². The highest BCUT2D eigenvalue weighted by molar-refractivity contribution is 14.0. The van der Waals surface area contributed by atoms with Crippen molar-refractivity contribution in [2.24, 2.45) is 4.99 Å². The lowest BCUT2D eigenvalue weighted by atomic mass is 10.2. The number of ether oxygens (including phenoxy) is 3. The van der Waals surface area contributed by atoms with E-state index in [1.165, 1.54) is 0 Å². The summed E-state index contributed by atoms with van der Waals surface area (Å²) in [5.74, 6) is 2.53. The third-order valence-electron chi connectivity index (χ3n) is 4.11. The van der Waals surface area contributed by atoms with Gasteiger partial charge in [0.25, 0.3) is 0 Å². The number of guanidine groups is 1. The van der Waals surface area contributed by atoms with Crippen molar-refractivity contribution in [3.8, 4) is 11.5 Å².